The highest BCUT2D eigenvalue weighted by Gasteiger charge is 2.16. The Balaban J connectivity index is 2.27. The van der Waals surface area contributed by atoms with Crippen LogP contribution in [0.25, 0.3) is 0 Å². The number of benzene rings is 1. The summed E-state index contributed by atoms with van der Waals surface area (Å²) in [5.41, 5.74) is -0.324. The molecule has 1 N–H and O–H groups in total. The van der Waals surface area contributed by atoms with Crippen molar-refractivity contribution in [1.29, 1.82) is 0 Å². The van der Waals surface area contributed by atoms with Crippen LogP contribution >= 0.6 is 23.2 Å². The molecule has 0 bridgehead atoms. The second kappa shape index (κ2) is 4.96. The molecule has 1 aromatic heterocycles. The first-order chi connectivity index (χ1) is 8.47. The van der Waals surface area contributed by atoms with Gasteiger partial charge in [-0.05, 0) is 29.8 Å². The fraction of sp³-hybridized carbons (Fsp3) is 0. The van der Waals surface area contributed by atoms with E-state index < -0.39 is 17.5 Å². The molecule has 0 radical (unpaired) electrons. The molecule has 18 heavy (non-hydrogen) atoms. The summed E-state index contributed by atoms with van der Waals surface area (Å²) in [7, 11) is 0. The van der Waals surface area contributed by atoms with Crippen molar-refractivity contribution in [3.63, 3.8) is 0 Å². The van der Waals surface area contributed by atoms with Gasteiger partial charge in [-0.3, -0.25) is 4.79 Å². The Bertz CT molecular complexity index is 590. The summed E-state index contributed by atoms with van der Waals surface area (Å²) in [6, 6.07) is 4.16. The number of nitrogens with one attached hydrogen (secondary N) is 1. The minimum Gasteiger partial charge on any atom is -0.440 e. The molecule has 1 amide bonds. The van der Waals surface area contributed by atoms with Crippen LogP contribution in [0.2, 0.25) is 10.2 Å². The number of anilines is 1. The van der Waals surface area contributed by atoms with E-state index in [1.807, 2.05) is 0 Å². The van der Waals surface area contributed by atoms with Gasteiger partial charge >= 0.3 is 0 Å². The molecule has 0 aliphatic rings. The van der Waals surface area contributed by atoms with Crippen molar-refractivity contribution >= 4 is 34.8 Å². The number of hydrogen-bond donors (Lipinski definition) is 1. The van der Waals surface area contributed by atoms with E-state index in [1.165, 1.54) is 12.1 Å². The van der Waals surface area contributed by atoms with Gasteiger partial charge in [0.1, 0.15) is 5.82 Å². The van der Waals surface area contributed by atoms with Crippen LogP contribution in [0, 0.1) is 11.6 Å². The fourth-order valence-corrected chi connectivity index (χ4v) is 1.66. The molecule has 2 aromatic rings. The molecule has 0 spiro atoms. The quantitative estimate of drug-likeness (QED) is 0.904. The number of halogens is 4. The Morgan fingerprint density at radius 2 is 1.94 bits per heavy atom. The zero-order chi connectivity index (χ0) is 13.3. The molecule has 0 fully saturated rings. The Morgan fingerprint density at radius 3 is 2.50 bits per heavy atom. The Hall–Kier alpha value is -1.59. The minimum absolute atomic E-state index is 0.0193. The highest BCUT2D eigenvalue weighted by atomic mass is 35.5. The van der Waals surface area contributed by atoms with E-state index in [9.17, 15) is 13.6 Å². The molecule has 94 valence electrons. The number of rotatable bonds is 2. The fourth-order valence-electron chi connectivity index (χ4n) is 1.27. The summed E-state index contributed by atoms with van der Waals surface area (Å²) in [4.78, 5) is 11.6. The van der Waals surface area contributed by atoms with Crippen molar-refractivity contribution in [3.8, 4) is 0 Å². The lowest BCUT2D eigenvalue weighted by atomic mass is 10.3. The maximum atomic E-state index is 13.4. The molecule has 7 heteroatoms. The van der Waals surface area contributed by atoms with Crippen LogP contribution in [0.5, 0.6) is 0 Å². The van der Waals surface area contributed by atoms with Crippen LogP contribution in [0.3, 0.4) is 0 Å². The summed E-state index contributed by atoms with van der Waals surface area (Å²) in [5, 5.41) is 1.94. The Kier molecular flexibility index (Phi) is 3.54. The van der Waals surface area contributed by atoms with Gasteiger partial charge in [0.05, 0.1) is 10.7 Å². The predicted octanol–water partition coefficient (Wildman–Crippen LogP) is 4.12. The van der Waals surface area contributed by atoms with Gasteiger partial charge in [-0.15, -0.1) is 0 Å². The van der Waals surface area contributed by atoms with Crippen LogP contribution in [-0.2, 0) is 0 Å². The van der Waals surface area contributed by atoms with Crippen molar-refractivity contribution in [2.75, 3.05) is 5.32 Å². The molecule has 0 aliphatic carbocycles. The maximum Gasteiger partial charge on any atom is 0.291 e. The molecule has 0 aliphatic heterocycles. The number of carbonyl (C=O) groups excluding carboxylic acids is 1. The lowest BCUT2D eigenvalue weighted by Crippen LogP contribution is -2.12. The molecule has 1 aromatic carbocycles. The maximum absolute atomic E-state index is 13.4. The second-order valence-corrected chi connectivity index (χ2v) is 4.08. The standard InChI is InChI=1S/C11H5Cl2F2NO2/c12-6-3-5(14)4-7(15)10(6)16-11(17)8-1-2-9(13)18-8/h1-4H,(H,16,17). The summed E-state index contributed by atoms with van der Waals surface area (Å²) in [6.45, 7) is 0. The SMILES string of the molecule is O=C(Nc1c(F)cc(F)cc1Cl)c1ccc(Cl)o1. The van der Waals surface area contributed by atoms with E-state index >= 15 is 0 Å². The smallest absolute Gasteiger partial charge is 0.291 e. The summed E-state index contributed by atoms with van der Waals surface area (Å²) >= 11 is 11.1. The third kappa shape index (κ3) is 2.63. The first-order valence-electron chi connectivity index (χ1n) is 4.68. The van der Waals surface area contributed by atoms with E-state index in [1.54, 1.807) is 0 Å². The van der Waals surface area contributed by atoms with Gasteiger partial charge in [0.15, 0.2) is 16.8 Å². The molecule has 0 atom stereocenters. The van der Waals surface area contributed by atoms with Crippen LogP contribution < -0.4 is 5.32 Å². The molecule has 1 heterocycles. The largest absolute Gasteiger partial charge is 0.440 e. The van der Waals surface area contributed by atoms with Gasteiger partial charge in [0.2, 0.25) is 0 Å². The summed E-state index contributed by atoms with van der Waals surface area (Å²) in [6.07, 6.45) is 0. The zero-order valence-corrected chi connectivity index (χ0v) is 10.1. The third-order valence-corrected chi connectivity index (χ3v) is 2.54. The van der Waals surface area contributed by atoms with Crippen LogP contribution in [0.1, 0.15) is 10.6 Å². The van der Waals surface area contributed by atoms with Crippen LogP contribution in [0.4, 0.5) is 14.5 Å². The normalized spacial score (nSPS) is 10.4. The lowest BCUT2D eigenvalue weighted by molar-refractivity contribution is 0.0996. The second-order valence-electron chi connectivity index (χ2n) is 3.30. The van der Waals surface area contributed by atoms with Gasteiger partial charge < -0.3 is 9.73 Å². The first-order valence-corrected chi connectivity index (χ1v) is 5.44. The third-order valence-electron chi connectivity index (χ3n) is 2.04. The van der Waals surface area contributed by atoms with E-state index in [4.69, 9.17) is 27.6 Å². The van der Waals surface area contributed by atoms with Crippen molar-refractivity contribution < 1.29 is 18.0 Å². The van der Waals surface area contributed by atoms with Crippen molar-refractivity contribution in [3.05, 3.63) is 51.9 Å². The monoisotopic (exact) mass is 291 g/mol. The Labute approximate surface area is 110 Å². The van der Waals surface area contributed by atoms with E-state index in [2.05, 4.69) is 5.32 Å². The molecular weight excluding hydrogens is 287 g/mol. The topological polar surface area (TPSA) is 42.2 Å². The van der Waals surface area contributed by atoms with Gasteiger partial charge in [-0.1, -0.05) is 11.6 Å². The van der Waals surface area contributed by atoms with Crippen molar-refractivity contribution in [2.45, 2.75) is 0 Å². The molecular formula is C11H5Cl2F2NO2. The van der Waals surface area contributed by atoms with Crippen LogP contribution in [-0.4, -0.2) is 5.91 Å². The lowest BCUT2D eigenvalue weighted by Gasteiger charge is -2.07. The van der Waals surface area contributed by atoms with Crippen molar-refractivity contribution in [2.24, 2.45) is 0 Å². The molecule has 3 nitrogen and oxygen atoms in total. The number of carbonyl (C=O) groups is 1. The average Bonchev–Trinajstić information content (AvgIpc) is 2.70. The predicted molar refractivity (Wildman–Crippen MR) is 63.0 cm³/mol. The average molecular weight is 292 g/mol. The minimum atomic E-state index is -0.981. The van der Waals surface area contributed by atoms with Gasteiger partial charge in [0.25, 0.3) is 5.91 Å². The van der Waals surface area contributed by atoms with Crippen molar-refractivity contribution in [1.82, 2.24) is 0 Å². The zero-order valence-electron chi connectivity index (χ0n) is 8.64. The van der Waals surface area contributed by atoms with Gasteiger partial charge in [-0.2, -0.15) is 0 Å². The molecule has 0 saturated carbocycles. The highest BCUT2D eigenvalue weighted by molar-refractivity contribution is 6.34. The molecule has 2 rings (SSSR count). The summed E-state index contributed by atoms with van der Waals surface area (Å²) < 4.78 is 31.0. The first kappa shape index (κ1) is 12.9. The van der Waals surface area contributed by atoms with E-state index in [-0.39, 0.29) is 21.7 Å². The number of furan rings is 1. The van der Waals surface area contributed by atoms with Gasteiger partial charge in [0, 0.05) is 6.07 Å². The van der Waals surface area contributed by atoms with Gasteiger partial charge in [-0.25, -0.2) is 8.78 Å². The molecule has 0 saturated heterocycles. The summed E-state index contributed by atoms with van der Waals surface area (Å²) in [5.74, 6) is -2.67. The van der Waals surface area contributed by atoms with E-state index in [0.717, 1.165) is 6.07 Å². The van der Waals surface area contributed by atoms with E-state index in [0.29, 0.717) is 6.07 Å². The highest BCUT2D eigenvalue weighted by Crippen LogP contribution is 2.27. The number of amides is 1. The number of hydrogen-bond acceptors (Lipinski definition) is 2. The molecule has 0 unspecified atom stereocenters. The Morgan fingerprint density at radius 1 is 1.22 bits per heavy atom. The van der Waals surface area contributed by atoms with Crippen LogP contribution in [0.15, 0.2) is 28.7 Å².